The molecule has 3 aromatic rings. The normalized spacial score (nSPS) is 14.1. The number of halogens is 3. The molecule has 0 N–H and O–H groups in total. The van der Waals surface area contributed by atoms with Crippen molar-refractivity contribution >= 4 is 11.8 Å². The van der Waals surface area contributed by atoms with Gasteiger partial charge in [-0.1, -0.05) is 5.16 Å². The number of carbonyl (C=O) groups is 2. The Hall–Kier alpha value is -3.73. The van der Waals surface area contributed by atoms with Crippen LogP contribution < -0.4 is 0 Å². The molecule has 8 nitrogen and oxygen atoms in total. The maximum atomic E-state index is 12.7. The first-order valence-corrected chi connectivity index (χ1v) is 10.9. The molecule has 1 aromatic heterocycles. The molecule has 2 amide bonds. The number of amides is 2. The Kier molecular flexibility index (Phi) is 7.15. The van der Waals surface area contributed by atoms with Crippen molar-refractivity contribution < 1.29 is 32.0 Å². The van der Waals surface area contributed by atoms with Gasteiger partial charge in [0.05, 0.1) is 18.8 Å². The summed E-state index contributed by atoms with van der Waals surface area (Å²) in [6.45, 7) is 2.41. The molecule has 2 heterocycles. The highest BCUT2D eigenvalue weighted by Gasteiger charge is 2.30. The van der Waals surface area contributed by atoms with E-state index in [1.807, 2.05) is 0 Å². The molecular weight excluding hydrogens is 465 g/mol. The second kappa shape index (κ2) is 10.3. The summed E-state index contributed by atoms with van der Waals surface area (Å²) in [4.78, 5) is 32.5. The van der Waals surface area contributed by atoms with Gasteiger partial charge in [-0.05, 0) is 48.5 Å². The monoisotopic (exact) mass is 488 g/mol. The van der Waals surface area contributed by atoms with Gasteiger partial charge in [0.1, 0.15) is 0 Å². The number of nitrogens with zero attached hydrogens (tertiary/aromatic N) is 4. The van der Waals surface area contributed by atoms with E-state index >= 15 is 0 Å². The van der Waals surface area contributed by atoms with Crippen LogP contribution in [0.25, 0.3) is 11.5 Å². The van der Waals surface area contributed by atoms with E-state index < -0.39 is 17.6 Å². The molecule has 0 radical (unpaired) electrons. The van der Waals surface area contributed by atoms with Crippen molar-refractivity contribution in [3.8, 4) is 11.5 Å². The number of benzene rings is 2. The molecule has 184 valence electrons. The number of aromatic nitrogens is 2. The number of alkyl halides is 3. The van der Waals surface area contributed by atoms with Crippen molar-refractivity contribution in [1.29, 1.82) is 0 Å². The second-order valence-corrected chi connectivity index (χ2v) is 8.05. The molecule has 11 heteroatoms. The van der Waals surface area contributed by atoms with E-state index in [9.17, 15) is 22.8 Å². The summed E-state index contributed by atoms with van der Waals surface area (Å²) in [7, 11) is 1.55. The standard InChI is InChI=1S/C24H23F3N4O4/c1-30(22(32)17-6-8-19(9-7-17)24(25,26)27)11-10-20-28-21(35-29-20)16-2-4-18(5-3-16)23(33)31-12-14-34-15-13-31/h2-9H,10-15H2,1H3. The van der Waals surface area contributed by atoms with Crippen molar-refractivity contribution in [2.75, 3.05) is 39.9 Å². The van der Waals surface area contributed by atoms with Crippen molar-refractivity contribution in [2.24, 2.45) is 0 Å². The highest BCUT2D eigenvalue weighted by Crippen LogP contribution is 2.29. The minimum absolute atomic E-state index is 0.0631. The number of morpholine rings is 1. The van der Waals surface area contributed by atoms with Crippen LogP contribution in [0.2, 0.25) is 0 Å². The largest absolute Gasteiger partial charge is 0.416 e. The fraction of sp³-hybridized carbons (Fsp3) is 0.333. The van der Waals surface area contributed by atoms with Gasteiger partial charge in [-0.15, -0.1) is 0 Å². The van der Waals surface area contributed by atoms with Gasteiger partial charge in [-0.25, -0.2) is 0 Å². The minimum atomic E-state index is -4.46. The Balaban J connectivity index is 1.33. The number of hydrogen-bond donors (Lipinski definition) is 0. The van der Waals surface area contributed by atoms with E-state index in [1.54, 1.807) is 36.2 Å². The molecule has 0 saturated carbocycles. The van der Waals surface area contributed by atoms with E-state index in [0.717, 1.165) is 24.3 Å². The predicted molar refractivity (Wildman–Crippen MR) is 119 cm³/mol. The molecule has 1 fully saturated rings. The van der Waals surface area contributed by atoms with E-state index in [-0.39, 0.29) is 23.9 Å². The third-order valence-corrected chi connectivity index (χ3v) is 5.62. The van der Waals surface area contributed by atoms with Gasteiger partial charge in [0.25, 0.3) is 17.7 Å². The summed E-state index contributed by atoms with van der Waals surface area (Å²) in [5.41, 5.74) is 0.547. The molecule has 2 aromatic carbocycles. The average Bonchev–Trinajstić information content (AvgIpc) is 3.35. The van der Waals surface area contributed by atoms with Crippen LogP contribution in [-0.4, -0.2) is 71.7 Å². The number of rotatable bonds is 6. The Morgan fingerprint density at radius 1 is 1.00 bits per heavy atom. The summed E-state index contributed by atoms with van der Waals surface area (Å²) in [5.74, 6) is 0.178. The molecule has 4 rings (SSSR count). The van der Waals surface area contributed by atoms with Crippen molar-refractivity contribution in [3.63, 3.8) is 0 Å². The third kappa shape index (κ3) is 5.86. The van der Waals surface area contributed by atoms with Crippen LogP contribution in [-0.2, 0) is 17.3 Å². The Bertz CT molecular complexity index is 1170. The molecular formula is C24H23F3N4O4. The van der Waals surface area contributed by atoms with E-state index in [2.05, 4.69) is 10.1 Å². The molecule has 1 aliphatic rings. The van der Waals surface area contributed by atoms with Crippen molar-refractivity contribution in [2.45, 2.75) is 12.6 Å². The molecule has 0 unspecified atom stereocenters. The predicted octanol–water partition coefficient (Wildman–Crippen LogP) is 3.54. The van der Waals surface area contributed by atoms with Gasteiger partial charge in [0, 0.05) is 49.8 Å². The fourth-order valence-corrected chi connectivity index (χ4v) is 3.57. The van der Waals surface area contributed by atoms with Gasteiger partial charge < -0.3 is 19.1 Å². The van der Waals surface area contributed by atoms with Gasteiger partial charge >= 0.3 is 6.18 Å². The first kappa shape index (κ1) is 24.4. The van der Waals surface area contributed by atoms with Crippen LogP contribution in [0.3, 0.4) is 0 Å². The van der Waals surface area contributed by atoms with E-state index in [0.29, 0.717) is 49.7 Å². The highest BCUT2D eigenvalue weighted by molar-refractivity contribution is 5.95. The van der Waals surface area contributed by atoms with Crippen molar-refractivity contribution in [1.82, 2.24) is 19.9 Å². The van der Waals surface area contributed by atoms with Crippen LogP contribution in [0, 0.1) is 0 Å². The summed E-state index contributed by atoms with van der Waals surface area (Å²) < 4.78 is 48.7. The van der Waals surface area contributed by atoms with Crippen LogP contribution >= 0.6 is 0 Å². The maximum absolute atomic E-state index is 12.7. The number of ether oxygens (including phenoxy) is 1. The Labute approximate surface area is 199 Å². The molecule has 1 saturated heterocycles. The lowest BCUT2D eigenvalue weighted by molar-refractivity contribution is -0.137. The molecule has 1 aliphatic heterocycles. The summed E-state index contributed by atoms with van der Waals surface area (Å²) in [5, 5.41) is 3.93. The van der Waals surface area contributed by atoms with Crippen molar-refractivity contribution in [3.05, 3.63) is 71.0 Å². The Morgan fingerprint density at radius 3 is 2.26 bits per heavy atom. The fourth-order valence-electron chi connectivity index (χ4n) is 3.57. The number of likely N-dealkylation sites (N-methyl/N-ethyl adjacent to an activating group) is 1. The van der Waals surface area contributed by atoms with Gasteiger partial charge in [0.15, 0.2) is 5.82 Å². The molecule has 0 aliphatic carbocycles. The van der Waals surface area contributed by atoms with Crippen LogP contribution in [0.15, 0.2) is 53.1 Å². The van der Waals surface area contributed by atoms with Gasteiger partial charge in [-0.3, -0.25) is 9.59 Å². The number of hydrogen-bond acceptors (Lipinski definition) is 6. The zero-order valence-electron chi connectivity index (χ0n) is 18.9. The topological polar surface area (TPSA) is 88.8 Å². The smallest absolute Gasteiger partial charge is 0.378 e. The van der Waals surface area contributed by atoms with Crippen LogP contribution in [0.1, 0.15) is 32.1 Å². The zero-order valence-corrected chi connectivity index (χ0v) is 18.9. The summed E-state index contributed by atoms with van der Waals surface area (Å²) in [6.07, 6.45) is -4.16. The van der Waals surface area contributed by atoms with Crippen LogP contribution in [0.4, 0.5) is 13.2 Å². The second-order valence-electron chi connectivity index (χ2n) is 8.05. The van der Waals surface area contributed by atoms with Gasteiger partial charge in [-0.2, -0.15) is 18.2 Å². The van der Waals surface area contributed by atoms with E-state index in [1.165, 1.54) is 4.90 Å². The highest BCUT2D eigenvalue weighted by atomic mass is 19.4. The lowest BCUT2D eigenvalue weighted by Gasteiger charge is -2.26. The maximum Gasteiger partial charge on any atom is 0.416 e. The molecule has 0 bridgehead atoms. The number of carbonyl (C=O) groups excluding carboxylic acids is 2. The summed E-state index contributed by atoms with van der Waals surface area (Å²) in [6, 6.07) is 10.9. The zero-order chi connectivity index (χ0) is 25.0. The van der Waals surface area contributed by atoms with Gasteiger partial charge in [0.2, 0.25) is 0 Å². The average molecular weight is 488 g/mol. The van der Waals surface area contributed by atoms with Crippen LogP contribution in [0.5, 0.6) is 0 Å². The molecule has 35 heavy (non-hydrogen) atoms. The quantitative estimate of drug-likeness (QED) is 0.528. The Morgan fingerprint density at radius 2 is 1.63 bits per heavy atom. The summed E-state index contributed by atoms with van der Waals surface area (Å²) >= 11 is 0. The first-order chi connectivity index (χ1) is 16.7. The molecule has 0 atom stereocenters. The first-order valence-electron chi connectivity index (χ1n) is 10.9. The molecule has 0 spiro atoms. The van der Waals surface area contributed by atoms with E-state index in [4.69, 9.17) is 9.26 Å². The lowest BCUT2D eigenvalue weighted by atomic mass is 10.1. The SMILES string of the molecule is CN(CCc1noc(-c2ccc(C(=O)N3CCOCC3)cc2)n1)C(=O)c1ccc(C(F)(F)F)cc1. The third-order valence-electron chi connectivity index (χ3n) is 5.62. The lowest BCUT2D eigenvalue weighted by Crippen LogP contribution is -2.40. The minimum Gasteiger partial charge on any atom is -0.378 e.